The Morgan fingerprint density at radius 1 is 1.00 bits per heavy atom. The van der Waals surface area contributed by atoms with Gasteiger partial charge in [0.25, 0.3) is 0 Å². The van der Waals surface area contributed by atoms with Gasteiger partial charge in [-0.05, 0) is 74.5 Å². The number of rotatable bonds is 5. The van der Waals surface area contributed by atoms with E-state index in [2.05, 4.69) is 18.7 Å². The Labute approximate surface area is 124 Å². The first kappa shape index (κ1) is 13.6. The van der Waals surface area contributed by atoms with E-state index < -0.39 is 0 Å². The molecule has 5 aliphatic rings. The van der Waals surface area contributed by atoms with E-state index >= 15 is 0 Å². The minimum absolute atomic E-state index is 0.388. The van der Waals surface area contributed by atoms with Crippen molar-refractivity contribution < 1.29 is 0 Å². The Kier molecular flexibility index (Phi) is 3.20. The van der Waals surface area contributed by atoms with Crippen LogP contribution in [0.5, 0.6) is 0 Å². The molecule has 0 heterocycles. The number of hydrogen-bond acceptors (Lipinski definition) is 2. The third kappa shape index (κ3) is 1.90. The average molecular weight is 276 g/mol. The van der Waals surface area contributed by atoms with Crippen LogP contribution in [-0.2, 0) is 0 Å². The summed E-state index contributed by atoms with van der Waals surface area (Å²) < 4.78 is 0. The second-order valence-electron chi connectivity index (χ2n) is 8.78. The van der Waals surface area contributed by atoms with Crippen LogP contribution in [0.25, 0.3) is 0 Å². The molecule has 0 atom stereocenters. The molecular formula is C18H32N2. The Balaban J connectivity index is 1.67. The lowest BCUT2D eigenvalue weighted by molar-refractivity contribution is -0.137. The van der Waals surface area contributed by atoms with Crippen molar-refractivity contribution in [3.63, 3.8) is 0 Å². The van der Waals surface area contributed by atoms with E-state index in [1.165, 1.54) is 45.1 Å². The average Bonchev–Trinajstić information content (AvgIpc) is 3.20. The Morgan fingerprint density at radius 2 is 1.55 bits per heavy atom. The van der Waals surface area contributed by atoms with Crippen molar-refractivity contribution in [3.05, 3.63) is 0 Å². The normalized spacial score (nSPS) is 46.6. The highest BCUT2D eigenvalue weighted by atomic mass is 15.3. The molecule has 114 valence electrons. The fourth-order valence-corrected chi connectivity index (χ4v) is 6.36. The highest BCUT2D eigenvalue weighted by molar-refractivity contribution is 5.14. The maximum absolute atomic E-state index is 6.49. The van der Waals surface area contributed by atoms with Crippen molar-refractivity contribution in [2.45, 2.75) is 70.4 Å². The van der Waals surface area contributed by atoms with Gasteiger partial charge >= 0.3 is 0 Å². The minimum Gasteiger partial charge on any atom is -0.329 e. The summed E-state index contributed by atoms with van der Waals surface area (Å²) in [6.07, 6.45) is 10.4. The summed E-state index contributed by atoms with van der Waals surface area (Å²) >= 11 is 0. The highest BCUT2D eigenvalue weighted by Gasteiger charge is 2.60. The Bertz CT molecular complexity index is 344. The third-order valence-electron chi connectivity index (χ3n) is 6.96. The van der Waals surface area contributed by atoms with Crippen LogP contribution in [0.15, 0.2) is 0 Å². The second kappa shape index (κ2) is 4.71. The minimum atomic E-state index is 0.388. The van der Waals surface area contributed by atoms with Crippen LogP contribution in [0.1, 0.15) is 58.8 Å². The van der Waals surface area contributed by atoms with Gasteiger partial charge in [0.1, 0.15) is 0 Å². The maximum atomic E-state index is 6.49. The molecule has 0 saturated heterocycles. The third-order valence-corrected chi connectivity index (χ3v) is 6.96. The molecule has 5 aliphatic carbocycles. The smallest absolute Gasteiger partial charge is 0.0391 e. The topological polar surface area (TPSA) is 29.3 Å². The van der Waals surface area contributed by atoms with E-state index in [9.17, 15) is 0 Å². The van der Waals surface area contributed by atoms with Crippen LogP contribution in [0.2, 0.25) is 0 Å². The molecule has 5 rings (SSSR count). The van der Waals surface area contributed by atoms with E-state index in [0.717, 1.165) is 42.2 Å². The lowest BCUT2D eigenvalue weighted by atomic mass is 9.48. The molecule has 5 saturated carbocycles. The van der Waals surface area contributed by atoms with Crippen molar-refractivity contribution in [2.24, 2.45) is 35.3 Å². The predicted octanol–water partition coefficient (Wildman–Crippen LogP) is 3.26. The van der Waals surface area contributed by atoms with E-state index in [1.54, 1.807) is 6.42 Å². The Morgan fingerprint density at radius 3 is 1.95 bits per heavy atom. The van der Waals surface area contributed by atoms with Crippen molar-refractivity contribution in [3.8, 4) is 0 Å². The van der Waals surface area contributed by atoms with Gasteiger partial charge in [0.05, 0.1) is 0 Å². The van der Waals surface area contributed by atoms with Gasteiger partial charge in [-0.2, -0.15) is 0 Å². The van der Waals surface area contributed by atoms with E-state index in [-0.39, 0.29) is 0 Å². The molecule has 2 heteroatoms. The fourth-order valence-electron chi connectivity index (χ4n) is 6.36. The van der Waals surface area contributed by atoms with Crippen molar-refractivity contribution in [2.75, 3.05) is 13.1 Å². The molecule has 0 aromatic rings. The number of nitrogens with zero attached hydrogens (tertiary/aromatic N) is 1. The van der Waals surface area contributed by atoms with Gasteiger partial charge in [-0.25, -0.2) is 0 Å². The first-order valence-electron chi connectivity index (χ1n) is 9.10. The van der Waals surface area contributed by atoms with Gasteiger partial charge in [-0.3, -0.25) is 4.90 Å². The summed E-state index contributed by atoms with van der Waals surface area (Å²) in [4.78, 5) is 2.94. The van der Waals surface area contributed by atoms with Crippen LogP contribution < -0.4 is 5.73 Å². The van der Waals surface area contributed by atoms with Gasteiger partial charge in [-0.1, -0.05) is 13.8 Å². The molecule has 5 fully saturated rings. The van der Waals surface area contributed by atoms with Gasteiger partial charge in [0, 0.05) is 24.7 Å². The molecule has 0 aromatic heterocycles. The summed E-state index contributed by atoms with van der Waals surface area (Å²) in [5, 5.41) is 0. The monoisotopic (exact) mass is 276 g/mol. The van der Waals surface area contributed by atoms with Crippen LogP contribution in [0.4, 0.5) is 0 Å². The summed E-state index contributed by atoms with van der Waals surface area (Å²) in [6, 6.07) is 0.874. The zero-order chi connectivity index (χ0) is 13.9. The molecule has 2 nitrogen and oxygen atoms in total. The van der Waals surface area contributed by atoms with E-state index in [0.29, 0.717) is 5.54 Å². The standard InChI is InChI=1S/C18H32N2/c1-12(2)10-20(17-3-4-17)18(11-19)15-6-13-5-14(8-15)9-16(18)7-13/h12-17H,3-11,19H2,1-2H3. The Hall–Kier alpha value is -0.0800. The molecular weight excluding hydrogens is 244 g/mol. The van der Waals surface area contributed by atoms with Gasteiger partial charge in [-0.15, -0.1) is 0 Å². The van der Waals surface area contributed by atoms with Gasteiger partial charge in [0.2, 0.25) is 0 Å². The van der Waals surface area contributed by atoms with Crippen LogP contribution in [0, 0.1) is 29.6 Å². The van der Waals surface area contributed by atoms with E-state index in [1.807, 2.05) is 0 Å². The van der Waals surface area contributed by atoms with E-state index in [4.69, 9.17) is 5.73 Å². The van der Waals surface area contributed by atoms with Crippen LogP contribution >= 0.6 is 0 Å². The second-order valence-corrected chi connectivity index (χ2v) is 8.78. The molecule has 20 heavy (non-hydrogen) atoms. The van der Waals surface area contributed by atoms with Crippen LogP contribution in [0.3, 0.4) is 0 Å². The summed E-state index contributed by atoms with van der Waals surface area (Å²) in [6.45, 7) is 6.97. The van der Waals surface area contributed by atoms with Crippen molar-refractivity contribution >= 4 is 0 Å². The first-order valence-corrected chi connectivity index (χ1v) is 9.10. The molecule has 2 N–H and O–H groups in total. The molecule has 0 unspecified atom stereocenters. The lowest BCUT2D eigenvalue weighted by Crippen LogP contribution is -2.70. The van der Waals surface area contributed by atoms with Crippen molar-refractivity contribution in [1.82, 2.24) is 4.90 Å². The summed E-state index contributed by atoms with van der Waals surface area (Å²) in [5.74, 6) is 4.72. The molecule has 4 bridgehead atoms. The summed E-state index contributed by atoms with van der Waals surface area (Å²) in [7, 11) is 0. The number of hydrogen-bond donors (Lipinski definition) is 1. The fraction of sp³-hybridized carbons (Fsp3) is 1.00. The summed E-state index contributed by atoms with van der Waals surface area (Å²) in [5.41, 5.74) is 6.88. The zero-order valence-electron chi connectivity index (χ0n) is 13.4. The van der Waals surface area contributed by atoms with Gasteiger partial charge < -0.3 is 5.73 Å². The number of nitrogens with two attached hydrogens (primary N) is 1. The van der Waals surface area contributed by atoms with Gasteiger partial charge in [0.15, 0.2) is 0 Å². The SMILES string of the molecule is CC(C)CN(C1CC1)C1(CN)C2CC3CC(C2)CC1C3. The largest absolute Gasteiger partial charge is 0.329 e. The highest BCUT2D eigenvalue weighted by Crippen LogP contribution is 2.61. The lowest BCUT2D eigenvalue weighted by Gasteiger charge is -2.65. The zero-order valence-corrected chi connectivity index (χ0v) is 13.4. The van der Waals surface area contributed by atoms with Crippen molar-refractivity contribution in [1.29, 1.82) is 0 Å². The molecule has 0 radical (unpaired) electrons. The molecule has 0 amide bonds. The molecule has 0 aromatic carbocycles. The molecule has 0 spiro atoms. The van der Waals surface area contributed by atoms with Crippen LogP contribution in [-0.4, -0.2) is 29.6 Å². The first-order chi connectivity index (χ1) is 9.63. The molecule has 0 aliphatic heterocycles. The maximum Gasteiger partial charge on any atom is 0.0391 e. The predicted molar refractivity (Wildman–Crippen MR) is 83.4 cm³/mol. The quantitative estimate of drug-likeness (QED) is 0.835.